The third-order valence-electron chi connectivity index (χ3n) is 4.61. The highest BCUT2D eigenvalue weighted by molar-refractivity contribution is 7.09. The molecule has 1 atom stereocenters. The Balaban J connectivity index is 2.25. The van der Waals surface area contributed by atoms with E-state index in [1.54, 1.807) is 6.92 Å². The molecule has 0 radical (unpaired) electrons. The number of carbonyl (C=O) groups is 2. The summed E-state index contributed by atoms with van der Waals surface area (Å²) in [6, 6.07) is 0. The molecule has 0 aromatic carbocycles. The first-order valence-corrected chi connectivity index (χ1v) is 9.62. The highest BCUT2D eigenvalue weighted by atomic mass is 32.1. The number of alkyl halides is 3. The number of nitrogens with zero attached hydrogens (tertiary/aromatic N) is 1. The second kappa shape index (κ2) is 8.14. The van der Waals surface area contributed by atoms with Crippen LogP contribution in [-0.2, 0) is 19.9 Å². The molecule has 1 fully saturated rings. The lowest BCUT2D eigenvalue weighted by Crippen LogP contribution is -2.58. The lowest BCUT2D eigenvalue weighted by atomic mass is 9.81. The van der Waals surface area contributed by atoms with Crippen LogP contribution in [-0.4, -0.2) is 40.3 Å². The van der Waals surface area contributed by atoms with Crippen LogP contribution in [0.15, 0.2) is 5.38 Å². The number of nitrogens with one attached hydrogen (secondary N) is 1. The number of hydrogen-bond donors (Lipinski definition) is 2. The Morgan fingerprint density at radius 3 is 2.44 bits per heavy atom. The van der Waals surface area contributed by atoms with Gasteiger partial charge in [-0.15, -0.1) is 11.3 Å². The van der Waals surface area contributed by atoms with Crippen LogP contribution in [0.1, 0.15) is 56.2 Å². The fraction of sp³-hybridized carbons (Fsp3) is 0.706. The third kappa shape index (κ3) is 4.60. The lowest BCUT2D eigenvalue weighted by Gasteiger charge is -2.36. The number of halogens is 3. The molecule has 6 nitrogen and oxygen atoms in total. The molecule has 1 aliphatic rings. The summed E-state index contributed by atoms with van der Waals surface area (Å²) >= 11 is 0.632. The molecule has 0 aliphatic heterocycles. The van der Waals surface area contributed by atoms with Crippen molar-refractivity contribution in [3.8, 4) is 0 Å². The Labute approximate surface area is 159 Å². The number of aryl methyl sites for hydroxylation is 1. The number of thiazole rings is 1. The zero-order valence-electron chi connectivity index (χ0n) is 15.2. The Morgan fingerprint density at radius 1 is 1.33 bits per heavy atom. The molecule has 1 amide bonds. The number of rotatable bonds is 6. The van der Waals surface area contributed by atoms with E-state index in [-0.39, 0.29) is 6.61 Å². The summed E-state index contributed by atoms with van der Waals surface area (Å²) in [7, 11) is 0. The molecular formula is C17H23F3N2O4S. The quantitative estimate of drug-likeness (QED) is 0.707. The van der Waals surface area contributed by atoms with Gasteiger partial charge < -0.3 is 15.2 Å². The number of ether oxygens (including phenoxy) is 1. The van der Waals surface area contributed by atoms with Crippen molar-refractivity contribution < 1.29 is 32.6 Å². The standard InChI is InChI=1S/C17H23F3N2O4S/c1-3-26-14(24)15(7-5-4-6-8-15)22-12(23)9-16(25,17(18,19)20)13-21-11(2)10-27-13/h10,25H,3-9H2,1-2H3,(H,22,23)/t16-/m0/s1. The van der Waals surface area contributed by atoms with E-state index in [4.69, 9.17) is 4.74 Å². The van der Waals surface area contributed by atoms with Crippen molar-refractivity contribution >= 4 is 23.2 Å². The minimum absolute atomic E-state index is 0.0985. The predicted molar refractivity (Wildman–Crippen MR) is 92.0 cm³/mol. The second-order valence-electron chi connectivity index (χ2n) is 6.74. The van der Waals surface area contributed by atoms with Gasteiger partial charge in [-0.1, -0.05) is 19.3 Å². The second-order valence-corrected chi connectivity index (χ2v) is 7.60. The van der Waals surface area contributed by atoms with Gasteiger partial charge in [0.2, 0.25) is 11.5 Å². The minimum Gasteiger partial charge on any atom is -0.464 e. The molecule has 27 heavy (non-hydrogen) atoms. The lowest BCUT2D eigenvalue weighted by molar-refractivity contribution is -0.267. The molecule has 1 saturated carbocycles. The zero-order valence-corrected chi connectivity index (χ0v) is 16.0. The first-order chi connectivity index (χ1) is 12.5. The van der Waals surface area contributed by atoms with Crippen molar-refractivity contribution in [2.24, 2.45) is 0 Å². The molecule has 0 saturated heterocycles. The molecule has 2 rings (SSSR count). The van der Waals surface area contributed by atoms with Gasteiger partial charge in [0.05, 0.1) is 13.0 Å². The summed E-state index contributed by atoms with van der Waals surface area (Å²) in [5.74, 6) is -1.73. The van der Waals surface area contributed by atoms with Gasteiger partial charge >= 0.3 is 12.1 Å². The average molecular weight is 408 g/mol. The summed E-state index contributed by atoms with van der Waals surface area (Å²) in [5.41, 5.74) is -4.45. The van der Waals surface area contributed by atoms with Gasteiger partial charge in [-0.2, -0.15) is 13.2 Å². The van der Waals surface area contributed by atoms with Gasteiger partial charge in [0.25, 0.3) is 0 Å². The molecule has 152 valence electrons. The van der Waals surface area contributed by atoms with Crippen LogP contribution in [0.25, 0.3) is 0 Å². The maximum atomic E-state index is 13.6. The Kier molecular flexibility index (Phi) is 6.51. The van der Waals surface area contributed by atoms with Gasteiger partial charge in [-0.25, -0.2) is 9.78 Å². The average Bonchev–Trinajstić information content (AvgIpc) is 3.01. The van der Waals surface area contributed by atoms with E-state index in [0.29, 0.717) is 42.7 Å². The van der Waals surface area contributed by atoms with E-state index in [2.05, 4.69) is 10.3 Å². The number of hydrogen-bond acceptors (Lipinski definition) is 6. The van der Waals surface area contributed by atoms with Gasteiger partial charge in [0.1, 0.15) is 10.5 Å². The normalized spacial score (nSPS) is 19.2. The summed E-state index contributed by atoms with van der Waals surface area (Å²) in [5, 5.41) is 13.5. The van der Waals surface area contributed by atoms with Gasteiger partial charge in [-0.3, -0.25) is 4.79 Å². The molecule has 0 bridgehead atoms. The van der Waals surface area contributed by atoms with Crippen molar-refractivity contribution in [2.75, 3.05) is 6.61 Å². The number of carbonyl (C=O) groups excluding carboxylic acids is 2. The number of aliphatic hydroxyl groups is 1. The first-order valence-electron chi connectivity index (χ1n) is 8.74. The van der Waals surface area contributed by atoms with E-state index >= 15 is 0 Å². The van der Waals surface area contributed by atoms with Crippen molar-refractivity contribution in [3.05, 3.63) is 16.1 Å². The van der Waals surface area contributed by atoms with Crippen LogP contribution in [0.5, 0.6) is 0 Å². The van der Waals surface area contributed by atoms with Crippen molar-refractivity contribution in [2.45, 2.75) is 69.7 Å². The summed E-state index contributed by atoms with van der Waals surface area (Å²) < 4.78 is 45.7. The first kappa shape index (κ1) is 21.6. The van der Waals surface area contributed by atoms with E-state index in [1.807, 2.05) is 0 Å². The minimum atomic E-state index is -5.10. The highest BCUT2D eigenvalue weighted by Gasteiger charge is 2.58. The molecule has 2 N–H and O–H groups in total. The predicted octanol–water partition coefficient (Wildman–Crippen LogP) is 2.97. The van der Waals surface area contributed by atoms with Gasteiger partial charge in [0, 0.05) is 11.1 Å². The summed E-state index contributed by atoms with van der Waals surface area (Å²) in [4.78, 5) is 28.5. The summed E-state index contributed by atoms with van der Waals surface area (Å²) in [6.45, 7) is 3.21. The highest BCUT2D eigenvalue weighted by Crippen LogP contribution is 2.43. The molecular weight excluding hydrogens is 385 g/mol. The molecule has 10 heteroatoms. The number of esters is 1. The zero-order chi connectivity index (χ0) is 20.3. The number of amides is 1. The number of aromatic nitrogens is 1. The molecule has 1 aliphatic carbocycles. The smallest absolute Gasteiger partial charge is 0.424 e. The van der Waals surface area contributed by atoms with Crippen LogP contribution in [0.2, 0.25) is 0 Å². The van der Waals surface area contributed by atoms with Crippen LogP contribution in [0, 0.1) is 6.92 Å². The topological polar surface area (TPSA) is 88.5 Å². The fourth-order valence-corrected chi connectivity index (χ4v) is 4.10. The Bertz CT molecular complexity index is 686. The fourth-order valence-electron chi connectivity index (χ4n) is 3.19. The van der Waals surface area contributed by atoms with Crippen molar-refractivity contribution in [1.82, 2.24) is 10.3 Å². The van der Waals surface area contributed by atoms with Gasteiger partial charge in [0.15, 0.2) is 0 Å². The van der Waals surface area contributed by atoms with Gasteiger partial charge in [-0.05, 0) is 26.7 Å². The molecule has 1 heterocycles. The Hall–Kier alpha value is -1.68. The third-order valence-corrected chi connectivity index (χ3v) is 5.72. The maximum Gasteiger partial charge on any atom is 0.424 e. The van der Waals surface area contributed by atoms with E-state index in [1.165, 1.54) is 12.3 Å². The SMILES string of the molecule is CCOC(=O)C1(NC(=O)C[C@](O)(c2nc(C)cs2)C(F)(F)F)CCCCC1. The van der Waals surface area contributed by atoms with Crippen molar-refractivity contribution in [3.63, 3.8) is 0 Å². The largest absolute Gasteiger partial charge is 0.464 e. The van der Waals surface area contributed by atoms with Crippen LogP contribution in [0.4, 0.5) is 13.2 Å². The molecule has 0 unspecified atom stereocenters. The molecule has 1 aromatic heterocycles. The molecule has 1 aromatic rings. The summed E-state index contributed by atoms with van der Waals surface area (Å²) in [6.07, 6.45) is -3.63. The van der Waals surface area contributed by atoms with Crippen LogP contribution < -0.4 is 5.32 Å². The van der Waals surface area contributed by atoms with Crippen molar-refractivity contribution in [1.29, 1.82) is 0 Å². The van der Waals surface area contributed by atoms with Crippen LogP contribution >= 0.6 is 11.3 Å². The monoisotopic (exact) mass is 408 g/mol. The Morgan fingerprint density at radius 2 is 1.96 bits per heavy atom. The molecule has 0 spiro atoms. The van der Waals surface area contributed by atoms with Crippen LogP contribution in [0.3, 0.4) is 0 Å². The van der Waals surface area contributed by atoms with E-state index < -0.39 is 40.6 Å². The van der Waals surface area contributed by atoms with E-state index in [9.17, 15) is 27.9 Å². The van der Waals surface area contributed by atoms with E-state index in [0.717, 1.165) is 6.42 Å². The maximum absolute atomic E-state index is 13.6.